The van der Waals surface area contributed by atoms with E-state index >= 15 is 0 Å². The molecule has 1 rings (SSSR count). The average Bonchev–Trinajstić information content (AvgIpc) is 2.22. The van der Waals surface area contributed by atoms with E-state index in [4.69, 9.17) is 0 Å². The van der Waals surface area contributed by atoms with Crippen molar-refractivity contribution in [2.45, 2.75) is 46.6 Å². The first-order valence-electron chi connectivity index (χ1n) is 4.86. The van der Waals surface area contributed by atoms with E-state index in [9.17, 15) is 4.79 Å². The van der Waals surface area contributed by atoms with E-state index in [2.05, 4.69) is 18.9 Å². The summed E-state index contributed by atoms with van der Waals surface area (Å²) < 4.78 is 0. The second-order valence-electron chi connectivity index (χ2n) is 4.53. The van der Waals surface area contributed by atoms with E-state index in [1.807, 2.05) is 18.9 Å². The van der Waals surface area contributed by atoms with Gasteiger partial charge in [-0.3, -0.25) is 9.80 Å². The molecule has 1 aliphatic heterocycles. The molecule has 0 aliphatic carbocycles. The van der Waals surface area contributed by atoms with Crippen LogP contribution in [0.25, 0.3) is 0 Å². The zero-order chi connectivity index (χ0) is 10.9. The smallest absolute Gasteiger partial charge is 0.154 e. The van der Waals surface area contributed by atoms with Crippen molar-refractivity contribution in [2.24, 2.45) is 5.10 Å². The van der Waals surface area contributed by atoms with Crippen molar-refractivity contribution in [3.05, 3.63) is 11.8 Å². The lowest BCUT2D eigenvalue weighted by Crippen LogP contribution is -2.35. The van der Waals surface area contributed by atoms with Gasteiger partial charge in [-0.05, 0) is 34.6 Å². The van der Waals surface area contributed by atoms with Gasteiger partial charge in [-0.2, -0.15) is 5.10 Å². The second-order valence-corrected chi connectivity index (χ2v) is 4.53. The molecule has 0 saturated heterocycles. The highest BCUT2D eigenvalue weighted by Gasteiger charge is 2.33. The average molecular weight is 194 g/mol. The molecule has 0 amide bonds. The molecule has 0 aromatic rings. The molecule has 0 atom stereocenters. The number of ketones is 1. The Labute approximate surface area is 85.5 Å². The van der Waals surface area contributed by atoms with Gasteiger partial charge >= 0.3 is 0 Å². The maximum Gasteiger partial charge on any atom is 0.154 e. The van der Waals surface area contributed by atoms with Gasteiger partial charge < -0.3 is 0 Å². The SMILES string of the molecule is CC(=O)C=C(C)N1N=C(C)CC1(C)C. The van der Waals surface area contributed by atoms with Crippen LogP contribution in [-0.2, 0) is 4.79 Å². The standard InChI is InChI=1S/C11H18N2O/c1-8-7-11(4,5)13(12-8)9(2)6-10(3)14/h6H,7H2,1-5H3. The quantitative estimate of drug-likeness (QED) is 0.632. The summed E-state index contributed by atoms with van der Waals surface area (Å²) in [6.45, 7) is 9.76. The van der Waals surface area contributed by atoms with Crippen LogP contribution in [0, 0.1) is 0 Å². The lowest BCUT2D eigenvalue weighted by molar-refractivity contribution is -0.112. The van der Waals surface area contributed by atoms with Crippen molar-refractivity contribution in [2.75, 3.05) is 0 Å². The van der Waals surface area contributed by atoms with Crippen molar-refractivity contribution in [3.8, 4) is 0 Å². The third kappa shape index (κ3) is 2.22. The van der Waals surface area contributed by atoms with Crippen molar-refractivity contribution in [3.63, 3.8) is 0 Å². The van der Waals surface area contributed by atoms with Crippen molar-refractivity contribution in [1.29, 1.82) is 0 Å². The van der Waals surface area contributed by atoms with Crippen molar-refractivity contribution in [1.82, 2.24) is 5.01 Å². The number of carbonyl (C=O) groups is 1. The van der Waals surface area contributed by atoms with Crippen LogP contribution in [-0.4, -0.2) is 22.0 Å². The largest absolute Gasteiger partial charge is 0.295 e. The molecule has 0 aromatic heterocycles. The zero-order valence-electron chi connectivity index (χ0n) is 9.59. The number of hydrazone groups is 1. The summed E-state index contributed by atoms with van der Waals surface area (Å²) in [6, 6.07) is 0. The first-order valence-corrected chi connectivity index (χ1v) is 4.86. The third-order valence-electron chi connectivity index (χ3n) is 2.28. The summed E-state index contributed by atoms with van der Waals surface area (Å²) in [5, 5.41) is 6.36. The number of nitrogens with zero attached hydrogens (tertiary/aromatic N) is 2. The van der Waals surface area contributed by atoms with E-state index in [-0.39, 0.29) is 11.3 Å². The van der Waals surface area contributed by atoms with E-state index in [1.54, 1.807) is 13.0 Å². The minimum Gasteiger partial charge on any atom is -0.295 e. The number of allylic oxidation sites excluding steroid dienone is 2. The highest BCUT2D eigenvalue weighted by atomic mass is 16.1. The molecule has 3 heteroatoms. The summed E-state index contributed by atoms with van der Waals surface area (Å²) in [5.74, 6) is 0.0676. The normalized spacial score (nSPS) is 21.1. The predicted molar refractivity (Wildman–Crippen MR) is 58.1 cm³/mol. The Balaban J connectivity index is 2.93. The molecule has 0 saturated carbocycles. The molecule has 0 bridgehead atoms. The first-order chi connectivity index (χ1) is 6.33. The van der Waals surface area contributed by atoms with E-state index in [0.29, 0.717) is 0 Å². The number of hydrogen-bond acceptors (Lipinski definition) is 3. The molecule has 0 N–H and O–H groups in total. The van der Waals surface area contributed by atoms with Gasteiger partial charge in [-0.15, -0.1) is 0 Å². The van der Waals surface area contributed by atoms with Gasteiger partial charge in [0.15, 0.2) is 5.78 Å². The van der Waals surface area contributed by atoms with E-state index in [1.165, 1.54) is 0 Å². The van der Waals surface area contributed by atoms with Crippen LogP contribution >= 0.6 is 0 Å². The molecule has 78 valence electrons. The van der Waals surface area contributed by atoms with Crippen LogP contribution in [0.1, 0.15) is 41.0 Å². The zero-order valence-corrected chi connectivity index (χ0v) is 9.59. The summed E-state index contributed by atoms with van der Waals surface area (Å²) in [5.41, 5.74) is 2.03. The van der Waals surface area contributed by atoms with Gasteiger partial charge in [0.05, 0.1) is 5.54 Å². The lowest BCUT2D eigenvalue weighted by Gasteiger charge is -2.30. The summed E-state index contributed by atoms with van der Waals surface area (Å²) >= 11 is 0. The van der Waals surface area contributed by atoms with Crippen LogP contribution in [0.3, 0.4) is 0 Å². The van der Waals surface area contributed by atoms with Crippen LogP contribution in [0.15, 0.2) is 16.9 Å². The topological polar surface area (TPSA) is 32.7 Å². The minimum atomic E-state index is 0.000116. The van der Waals surface area contributed by atoms with E-state index in [0.717, 1.165) is 17.8 Å². The maximum absolute atomic E-state index is 11.0. The van der Waals surface area contributed by atoms with Crippen LogP contribution < -0.4 is 0 Å². The molecule has 1 aliphatic rings. The fourth-order valence-corrected chi connectivity index (χ4v) is 1.95. The van der Waals surface area contributed by atoms with Crippen molar-refractivity contribution >= 4 is 11.5 Å². The van der Waals surface area contributed by atoms with Gasteiger partial charge in [0, 0.05) is 23.9 Å². The molecule has 0 radical (unpaired) electrons. The molecular formula is C11H18N2O. The summed E-state index contributed by atoms with van der Waals surface area (Å²) in [6.07, 6.45) is 2.58. The Morgan fingerprint density at radius 2 is 2.07 bits per heavy atom. The highest BCUT2D eigenvalue weighted by Crippen LogP contribution is 2.30. The fraction of sp³-hybridized carbons (Fsp3) is 0.636. The Morgan fingerprint density at radius 3 is 2.43 bits per heavy atom. The number of hydrogen-bond donors (Lipinski definition) is 0. The Hall–Kier alpha value is -1.12. The summed E-state index contributed by atoms with van der Waals surface area (Å²) in [7, 11) is 0. The van der Waals surface area contributed by atoms with Gasteiger partial charge in [0.2, 0.25) is 0 Å². The lowest BCUT2D eigenvalue weighted by atomic mass is 9.98. The first kappa shape index (κ1) is 11.0. The van der Waals surface area contributed by atoms with Crippen molar-refractivity contribution < 1.29 is 4.79 Å². The minimum absolute atomic E-state index is 0.000116. The fourth-order valence-electron chi connectivity index (χ4n) is 1.95. The van der Waals surface area contributed by atoms with Gasteiger partial charge in [0.25, 0.3) is 0 Å². The molecule has 0 unspecified atom stereocenters. The Morgan fingerprint density at radius 1 is 1.50 bits per heavy atom. The third-order valence-corrected chi connectivity index (χ3v) is 2.28. The molecule has 3 nitrogen and oxygen atoms in total. The predicted octanol–water partition coefficient (Wildman–Crippen LogP) is 2.34. The van der Waals surface area contributed by atoms with Gasteiger partial charge in [-0.1, -0.05) is 0 Å². The Kier molecular flexibility index (Phi) is 2.79. The number of rotatable bonds is 2. The Bertz CT molecular complexity index is 313. The van der Waals surface area contributed by atoms with Crippen LogP contribution in [0.4, 0.5) is 0 Å². The molecule has 0 fully saturated rings. The van der Waals surface area contributed by atoms with Gasteiger partial charge in [0.1, 0.15) is 0 Å². The summed E-state index contributed by atoms with van der Waals surface area (Å²) in [4.78, 5) is 11.0. The highest BCUT2D eigenvalue weighted by molar-refractivity contribution is 5.88. The molecule has 1 heterocycles. The molecule has 0 spiro atoms. The molecular weight excluding hydrogens is 176 g/mol. The second kappa shape index (κ2) is 3.56. The molecule has 0 aromatic carbocycles. The number of carbonyl (C=O) groups excluding carboxylic acids is 1. The molecule has 14 heavy (non-hydrogen) atoms. The monoisotopic (exact) mass is 194 g/mol. The van der Waals surface area contributed by atoms with E-state index < -0.39 is 0 Å². The van der Waals surface area contributed by atoms with Crippen LogP contribution in [0.5, 0.6) is 0 Å². The van der Waals surface area contributed by atoms with Gasteiger partial charge in [-0.25, -0.2) is 0 Å². The van der Waals surface area contributed by atoms with Crippen LogP contribution in [0.2, 0.25) is 0 Å². The maximum atomic E-state index is 11.0.